The molecule has 7 heteroatoms. The first kappa shape index (κ1) is 17.2. The van der Waals surface area contributed by atoms with Gasteiger partial charge in [0.2, 0.25) is 0 Å². The van der Waals surface area contributed by atoms with Gasteiger partial charge >= 0.3 is 11.7 Å². The summed E-state index contributed by atoms with van der Waals surface area (Å²) in [5.41, 5.74) is 2.92. The quantitative estimate of drug-likeness (QED) is 0.475. The van der Waals surface area contributed by atoms with Crippen molar-refractivity contribution in [1.82, 2.24) is 9.55 Å². The normalized spacial score (nSPS) is 11.0. The number of aromatic nitrogens is 2. The van der Waals surface area contributed by atoms with Crippen LogP contribution < -0.4 is 5.76 Å². The van der Waals surface area contributed by atoms with Crippen molar-refractivity contribution in [3.8, 4) is 10.6 Å². The summed E-state index contributed by atoms with van der Waals surface area (Å²) >= 11 is 1.51. The number of carbonyl (C=O) groups excluding carboxylic acids is 1. The zero-order valence-corrected chi connectivity index (χ0v) is 15.1. The van der Waals surface area contributed by atoms with Crippen LogP contribution in [-0.2, 0) is 22.7 Å². The summed E-state index contributed by atoms with van der Waals surface area (Å²) in [5.74, 6) is -0.863. The average Bonchev–Trinajstić information content (AvgIpc) is 3.29. The Kier molecular flexibility index (Phi) is 4.84. The van der Waals surface area contributed by atoms with Gasteiger partial charge in [-0.2, -0.15) is 0 Å². The van der Waals surface area contributed by atoms with E-state index in [0.717, 1.165) is 10.6 Å². The van der Waals surface area contributed by atoms with Gasteiger partial charge in [-0.15, -0.1) is 11.3 Å². The summed E-state index contributed by atoms with van der Waals surface area (Å²) in [6.45, 7) is 0.324. The Morgan fingerprint density at radius 1 is 1.11 bits per heavy atom. The molecular formula is C20H16N2O4S. The zero-order chi connectivity index (χ0) is 18.6. The number of para-hydroxylation sites is 2. The smallest absolute Gasteiger partial charge is 0.419 e. The summed E-state index contributed by atoms with van der Waals surface area (Å²) in [6, 6.07) is 17.0. The largest absolute Gasteiger partial charge is 0.459 e. The van der Waals surface area contributed by atoms with E-state index in [9.17, 15) is 9.59 Å². The maximum absolute atomic E-state index is 12.0. The predicted molar refractivity (Wildman–Crippen MR) is 102 cm³/mol. The van der Waals surface area contributed by atoms with Crippen LogP contribution in [0.15, 0.2) is 69.2 Å². The number of hydrogen-bond donors (Lipinski definition) is 0. The van der Waals surface area contributed by atoms with Gasteiger partial charge in [0.25, 0.3) is 0 Å². The molecule has 0 aliphatic rings. The lowest BCUT2D eigenvalue weighted by molar-refractivity contribution is -0.145. The Labute approximate surface area is 158 Å². The molecule has 0 bridgehead atoms. The maximum atomic E-state index is 12.0. The first-order valence-corrected chi connectivity index (χ1v) is 9.32. The van der Waals surface area contributed by atoms with Crippen molar-refractivity contribution in [2.75, 3.05) is 0 Å². The summed E-state index contributed by atoms with van der Waals surface area (Å²) in [7, 11) is 0. The average molecular weight is 380 g/mol. The molecule has 27 heavy (non-hydrogen) atoms. The molecule has 4 rings (SSSR count). The number of aryl methyl sites for hydroxylation is 1. The van der Waals surface area contributed by atoms with Crippen molar-refractivity contribution in [2.45, 2.75) is 19.6 Å². The van der Waals surface area contributed by atoms with E-state index >= 15 is 0 Å². The topological polar surface area (TPSA) is 74.3 Å². The third kappa shape index (κ3) is 3.83. The van der Waals surface area contributed by atoms with Gasteiger partial charge in [0, 0.05) is 17.5 Å². The highest BCUT2D eigenvalue weighted by Crippen LogP contribution is 2.23. The van der Waals surface area contributed by atoms with Crippen LogP contribution in [0.1, 0.15) is 12.1 Å². The maximum Gasteiger partial charge on any atom is 0.419 e. The van der Waals surface area contributed by atoms with Crippen LogP contribution in [0.2, 0.25) is 0 Å². The number of benzene rings is 2. The Morgan fingerprint density at radius 2 is 1.89 bits per heavy atom. The molecule has 0 aliphatic heterocycles. The highest BCUT2D eigenvalue weighted by molar-refractivity contribution is 7.13. The molecule has 0 aliphatic carbocycles. The fraction of sp³-hybridized carbons (Fsp3) is 0.150. The second-order valence-electron chi connectivity index (χ2n) is 5.91. The number of thiazole rings is 1. The molecule has 0 amide bonds. The van der Waals surface area contributed by atoms with Crippen molar-refractivity contribution in [1.29, 1.82) is 0 Å². The van der Waals surface area contributed by atoms with Crippen LogP contribution in [0.25, 0.3) is 21.7 Å². The van der Waals surface area contributed by atoms with Crippen LogP contribution in [0.5, 0.6) is 0 Å². The van der Waals surface area contributed by atoms with E-state index in [1.165, 1.54) is 15.9 Å². The number of carbonyl (C=O) groups is 1. The summed E-state index contributed by atoms with van der Waals surface area (Å²) in [4.78, 5) is 28.4. The van der Waals surface area contributed by atoms with Gasteiger partial charge in [-0.05, 0) is 12.1 Å². The minimum atomic E-state index is -0.476. The van der Waals surface area contributed by atoms with Crippen molar-refractivity contribution in [2.24, 2.45) is 0 Å². The molecule has 0 unspecified atom stereocenters. The molecule has 2 heterocycles. The molecule has 2 aromatic heterocycles. The molecule has 0 fully saturated rings. The van der Waals surface area contributed by atoms with Gasteiger partial charge in [0.1, 0.15) is 11.6 Å². The molecule has 0 spiro atoms. The van der Waals surface area contributed by atoms with Crippen molar-refractivity contribution in [3.05, 3.63) is 76.2 Å². The number of oxazole rings is 1. The summed E-state index contributed by atoms with van der Waals surface area (Å²) in [5, 5.41) is 2.77. The monoisotopic (exact) mass is 380 g/mol. The number of nitrogens with zero attached hydrogens (tertiary/aromatic N) is 2. The standard InChI is InChI=1S/C20H16N2O4S/c23-18(10-11-22-16-8-4-5-9-17(16)26-20(22)24)25-12-15-13-27-19(21-15)14-6-2-1-3-7-14/h1-9,13H,10-12H2. The Hall–Kier alpha value is -3.19. The molecule has 136 valence electrons. The van der Waals surface area contributed by atoms with E-state index < -0.39 is 5.76 Å². The van der Waals surface area contributed by atoms with Gasteiger partial charge in [0.15, 0.2) is 5.58 Å². The number of ether oxygens (including phenoxy) is 1. The number of hydrogen-bond acceptors (Lipinski definition) is 6. The first-order valence-electron chi connectivity index (χ1n) is 8.44. The number of rotatable bonds is 6. The lowest BCUT2D eigenvalue weighted by Crippen LogP contribution is -2.17. The molecule has 0 N–H and O–H groups in total. The number of esters is 1. The highest BCUT2D eigenvalue weighted by atomic mass is 32.1. The van der Waals surface area contributed by atoms with E-state index in [2.05, 4.69) is 4.98 Å². The van der Waals surface area contributed by atoms with Crippen molar-refractivity contribution >= 4 is 28.4 Å². The third-order valence-corrected chi connectivity index (χ3v) is 5.01. The van der Waals surface area contributed by atoms with Crippen LogP contribution in [-0.4, -0.2) is 15.5 Å². The van der Waals surface area contributed by atoms with Gasteiger partial charge in [-0.25, -0.2) is 9.78 Å². The van der Waals surface area contributed by atoms with E-state index in [4.69, 9.17) is 9.15 Å². The molecule has 6 nitrogen and oxygen atoms in total. The molecule has 0 saturated carbocycles. The first-order chi connectivity index (χ1) is 13.2. The van der Waals surface area contributed by atoms with Gasteiger partial charge in [0.05, 0.1) is 17.6 Å². The van der Waals surface area contributed by atoms with E-state index in [0.29, 0.717) is 16.8 Å². The van der Waals surface area contributed by atoms with Crippen LogP contribution in [0, 0.1) is 0 Å². The molecule has 2 aromatic carbocycles. The molecule has 4 aromatic rings. The Bertz CT molecular complexity index is 1130. The second-order valence-corrected chi connectivity index (χ2v) is 6.77. The third-order valence-electron chi connectivity index (χ3n) is 4.07. The fourth-order valence-electron chi connectivity index (χ4n) is 2.74. The number of fused-ring (bicyclic) bond motifs is 1. The molecule has 0 radical (unpaired) electrons. The summed E-state index contributed by atoms with van der Waals surface area (Å²) < 4.78 is 11.9. The van der Waals surface area contributed by atoms with Crippen LogP contribution in [0.3, 0.4) is 0 Å². The molecule has 0 saturated heterocycles. The minimum absolute atomic E-state index is 0.0825. The zero-order valence-electron chi connectivity index (χ0n) is 14.3. The predicted octanol–water partition coefficient (Wildman–Crippen LogP) is 3.85. The highest BCUT2D eigenvalue weighted by Gasteiger charge is 2.12. The van der Waals surface area contributed by atoms with Crippen molar-refractivity contribution in [3.63, 3.8) is 0 Å². The van der Waals surface area contributed by atoms with Gasteiger partial charge < -0.3 is 9.15 Å². The molecular weight excluding hydrogens is 364 g/mol. The van der Waals surface area contributed by atoms with E-state index in [1.54, 1.807) is 18.2 Å². The Morgan fingerprint density at radius 3 is 2.74 bits per heavy atom. The second kappa shape index (κ2) is 7.59. The SMILES string of the molecule is O=C(CCn1c(=O)oc2ccccc21)OCc1csc(-c2ccccc2)n1. The van der Waals surface area contributed by atoms with Crippen LogP contribution >= 0.6 is 11.3 Å². The van der Waals surface area contributed by atoms with Crippen molar-refractivity contribution < 1.29 is 13.9 Å². The Balaban J connectivity index is 1.34. The van der Waals surface area contributed by atoms with Crippen LogP contribution in [0.4, 0.5) is 0 Å². The lowest BCUT2D eigenvalue weighted by Gasteiger charge is -2.04. The fourth-order valence-corrected chi connectivity index (χ4v) is 3.55. The summed E-state index contributed by atoms with van der Waals surface area (Å²) in [6.07, 6.45) is 0.0825. The van der Waals surface area contributed by atoms with Gasteiger partial charge in [-0.3, -0.25) is 9.36 Å². The van der Waals surface area contributed by atoms with Gasteiger partial charge in [-0.1, -0.05) is 42.5 Å². The van der Waals surface area contributed by atoms with E-state index in [-0.39, 0.29) is 25.5 Å². The lowest BCUT2D eigenvalue weighted by atomic mass is 10.2. The minimum Gasteiger partial charge on any atom is -0.459 e. The molecule has 0 atom stereocenters. The van der Waals surface area contributed by atoms with E-state index in [1.807, 2.05) is 41.8 Å².